The first-order valence-corrected chi connectivity index (χ1v) is 6.29. The Hall–Kier alpha value is -1.38. The Bertz CT molecular complexity index is 422. The Labute approximate surface area is 136 Å². The minimum Gasteiger partial charge on any atom is -0.355 e. The van der Waals surface area contributed by atoms with Gasteiger partial charge in [0.2, 0.25) is 0 Å². The number of nitrogens with one attached hydrogen (secondary N) is 3. The van der Waals surface area contributed by atoms with Gasteiger partial charge >= 0.3 is 0 Å². The van der Waals surface area contributed by atoms with E-state index in [9.17, 15) is 4.79 Å². The lowest BCUT2D eigenvalue weighted by molar-refractivity contribution is 0.0954. The molecule has 0 spiro atoms. The fraction of sp³-hybridized carbons (Fsp3) is 0.462. The van der Waals surface area contributed by atoms with Gasteiger partial charge in [-0.15, -0.1) is 24.0 Å². The third-order valence-corrected chi connectivity index (χ3v) is 2.28. The summed E-state index contributed by atoms with van der Waals surface area (Å²) in [5, 5.41) is 9.09. The zero-order valence-electron chi connectivity index (χ0n) is 12.0. The number of carbonyl (C=O) groups is 1. The summed E-state index contributed by atoms with van der Waals surface area (Å²) in [6.45, 7) is 5.21. The Kier molecular flexibility index (Phi) is 9.69. The smallest absolute Gasteiger partial charge is 0.252 e. The molecule has 0 aliphatic heterocycles. The van der Waals surface area contributed by atoms with Gasteiger partial charge in [-0.25, -0.2) is 0 Å². The second-order valence-corrected chi connectivity index (χ2v) is 4.30. The van der Waals surface area contributed by atoms with E-state index in [4.69, 9.17) is 0 Å². The Balaban J connectivity index is 0.00000361. The highest BCUT2D eigenvalue weighted by Gasteiger charge is 2.04. The molecule has 0 radical (unpaired) electrons. The van der Waals surface area contributed by atoms with E-state index in [0.29, 0.717) is 24.7 Å². The molecule has 0 saturated heterocycles. The van der Waals surface area contributed by atoms with Crippen LogP contribution in [-0.4, -0.2) is 43.0 Å². The molecule has 0 fully saturated rings. The summed E-state index contributed by atoms with van der Waals surface area (Å²) >= 11 is 0. The van der Waals surface area contributed by atoms with Crippen LogP contribution in [0.25, 0.3) is 0 Å². The number of halogens is 1. The topological polar surface area (TPSA) is 78.4 Å². The molecule has 0 aromatic carbocycles. The van der Waals surface area contributed by atoms with Gasteiger partial charge in [0, 0.05) is 38.6 Å². The van der Waals surface area contributed by atoms with E-state index in [2.05, 4.69) is 25.9 Å². The van der Waals surface area contributed by atoms with E-state index >= 15 is 0 Å². The second kappa shape index (κ2) is 10.4. The van der Waals surface area contributed by atoms with Crippen molar-refractivity contribution in [2.45, 2.75) is 19.9 Å². The highest BCUT2D eigenvalue weighted by molar-refractivity contribution is 14.0. The molecular weight excluding hydrogens is 369 g/mol. The van der Waals surface area contributed by atoms with Crippen LogP contribution in [0.5, 0.6) is 0 Å². The first-order chi connectivity index (χ1) is 9.13. The first kappa shape index (κ1) is 18.6. The first-order valence-electron chi connectivity index (χ1n) is 6.29. The Morgan fingerprint density at radius 3 is 2.60 bits per heavy atom. The van der Waals surface area contributed by atoms with E-state index in [1.54, 1.807) is 31.6 Å². The maximum Gasteiger partial charge on any atom is 0.252 e. The Morgan fingerprint density at radius 2 is 2.05 bits per heavy atom. The van der Waals surface area contributed by atoms with Gasteiger partial charge < -0.3 is 16.0 Å². The van der Waals surface area contributed by atoms with Gasteiger partial charge in [0.15, 0.2) is 5.96 Å². The van der Waals surface area contributed by atoms with Crippen molar-refractivity contribution in [3.05, 3.63) is 30.1 Å². The van der Waals surface area contributed by atoms with Crippen LogP contribution in [0.1, 0.15) is 24.2 Å². The van der Waals surface area contributed by atoms with Crippen LogP contribution in [0.15, 0.2) is 29.5 Å². The van der Waals surface area contributed by atoms with Crippen molar-refractivity contribution >= 4 is 35.8 Å². The van der Waals surface area contributed by atoms with Crippen LogP contribution in [0.2, 0.25) is 0 Å². The van der Waals surface area contributed by atoms with Gasteiger partial charge in [0.25, 0.3) is 5.91 Å². The zero-order valence-corrected chi connectivity index (χ0v) is 14.3. The predicted octanol–water partition coefficient (Wildman–Crippen LogP) is 1.00. The van der Waals surface area contributed by atoms with Crippen molar-refractivity contribution in [2.24, 2.45) is 4.99 Å². The molecule has 7 heteroatoms. The fourth-order valence-corrected chi connectivity index (χ4v) is 1.42. The van der Waals surface area contributed by atoms with Gasteiger partial charge in [0.1, 0.15) is 0 Å². The number of guanidine groups is 1. The number of rotatable bonds is 5. The average molecular weight is 391 g/mol. The van der Waals surface area contributed by atoms with Crippen molar-refractivity contribution in [2.75, 3.05) is 20.1 Å². The van der Waals surface area contributed by atoms with Crippen LogP contribution >= 0.6 is 24.0 Å². The summed E-state index contributed by atoms with van der Waals surface area (Å²) in [5.41, 5.74) is 0.562. The number of hydrogen-bond donors (Lipinski definition) is 3. The van der Waals surface area contributed by atoms with Crippen LogP contribution < -0.4 is 16.0 Å². The summed E-state index contributed by atoms with van der Waals surface area (Å²) in [6.07, 6.45) is 3.18. The minimum atomic E-state index is -0.123. The molecule has 0 unspecified atom stereocenters. The van der Waals surface area contributed by atoms with Crippen molar-refractivity contribution < 1.29 is 4.79 Å². The molecule has 3 N–H and O–H groups in total. The fourth-order valence-electron chi connectivity index (χ4n) is 1.42. The molecule has 0 atom stereocenters. The summed E-state index contributed by atoms with van der Waals surface area (Å²) in [5.74, 6) is 0.604. The highest BCUT2D eigenvalue weighted by Crippen LogP contribution is 1.94. The van der Waals surface area contributed by atoms with Crippen molar-refractivity contribution in [1.82, 2.24) is 20.9 Å². The number of aromatic nitrogens is 1. The van der Waals surface area contributed by atoms with Crippen molar-refractivity contribution in [3.63, 3.8) is 0 Å². The molecule has 20 heavy (non-hydrogen) atoms. The zero-order chi connectivity index (χ0) is 14.1. The van der Waals surface area contributed by atoms with Gasteiger partial charge in [-0.2, -0.15) is 0 Å². The maximum atomic E-state index is 11.7. The lowest BCUT2D eigenvalue weighted by atomic mass is 10.3. The number of pyridine rings is 1. The molecular formula is C13H22IN5O. The van der Waals surface area contributed by atoms with Gasteiger partial charge in [-0.3, -0.25) is 14.8 Å². The molecule has 112 valence electrons. The Morgan fingerprint density at radius 1 is 1.35 bits per heavy atom. The molecule has 1 aromatic heterocycles. The number of nitrogens with zero attached hydrogens (tertiary/aromatic N) is 2. The minimum absolute atomic E-state index is 0. The number of amides is 1. The van der Waals surface area contributed by atoms with E-state index in [1.165, 1.54) is 0 Å². The monoisotopic (exact) mass is 391 g/mol. The number of aliphatic imine (C=N–C) groups is 1. The summed E-state index contributed by atoms with van der Waals surface area (Å²) < 4.78 is 0. The summed E-state index contributed by atoms with van der Waals surface area (Å²) in [6, 6.07) is 3.78. The SMILES string of the molecule is CN=C(NCCNC(=O)c1cccnc1)NC(C)C.I. The number of hydrogen-bond acceptors (Lipinski definition) is 3. The van der Waals surface area contributed by atoms with E-state index < -0.39 is 0 Å². The average Bonchev–Trinajstić information content (AvgIpc) is 2.42. The maximum absolute atomic E-state index is 11.7. The molecule has 1 rings (SSSR count). The normalized spacial score (nSPS) is 10.7. The molecule has 0 bridgehead atoms. The van der Waals surface area contributed by atoms with E-state index in [0.717, 1.165) is 5.96 Å². The third kappa shape index (κ3) is 7.27. The van der Waals surface area contributed by atoms with E-state index in [1.807, 2.05) is 13.8 Å². The third-order valence-electron chi connectivity index (χ3n) is 2.28. The summed E-state index contributed by atoms with van der Waals surface area (Å²) in [4.78, 5) is 19.7. The molecule has 0 aliphatic carbocycles. The van der Waals surface area contributed by atoms with Gasteiger partial charge in [0.05, 0.1) is 5.56 Å². The molecule has 1 aromatic rings. The van der Waals surface area contributed by atoms with Crippen LogP contribution in [-0.2, 0) is 0 Å². The van der Waals surface area contributed by atoms with Crippen LogP contribution in [0.4, 0.5) is 0 Å². The molecule has 0 aliphatic rings. The lowest BCUT2D eigenvalue weighted by Crippen LogP contribution is -2.44. The van der Waals surface area contributed by atoms with Crippen molar-refractivity contribution in [3.8, 4) is 0 Å². The van der Waals surface area contributed by atoms with Crippen LogP contribution in [0.3, 0.4) is 0 Å². The molecule has 1 heterocycles. The summed E-state index contributed by atoms with van der Waals surface area (Å²) in [7, 11) is 1.71. The highest BCUT2D eigenvalue weighted by atomic mass is 127. The van der Waals surface area contributed by atoms with E-state index in [-0.39, 0.29) is 29.9 Å². The molecule has 0 saturated carbocycles. The lowest BCUT2D eigenvalue weighted by Gasteiger charge is -2.14. The molecule has 1 amide bonds. The largest absolute Gasteiger partial charge is 0.355 e. The van der Waals surface area contributed by atoms with Crippen LogP contribution in [0, 0.1) is 0 Å². The standard InChI is InChI=1S/C13H21N5O.HI/c1-10(2)18-13(14-3)17-8-7-16-12(19)11-5-4-6-15-9-11;/h4-6,9-10H,7-8H2,1-3H3,(H,16,19)(H2,14,17,18);1H. The van der Waals surface area contributed by atoms with Gasteiger partial charge in [-0.05, 0) is 26.0 Å². The van der Waals surface area contributed by atoms with Crippen molar-refractivity contribution in [1.29, 1.82) is 0 Å². The van der Waals surface area contributed by atoms with Gasteiger partial charge in [-0.1, -0.05) is 0 Å². The molecule has 6 nitrogen and oxygen atoms in total. The second-order valence-electron chi connectivity index (χ2n) is 4.30. The predicted molar refractivity (Wildman–Crippen MR) is 91.6 cm³/mol. The quantitative estimate of drug-likeness (QED) is 0.303. The number of carbonyl (C=O) groups excluding carboxylic acids is 1.